The van der Waals surface area contributed by atoms with Gasteiger partial charge in [0, 0.05) is 18.8 Å². The van der Waals surface area contributed by atoms with Crippen molar-refractivity contribution in [1.82, 2.24) is 16.0 Å². The van der Waals surface area contributed by atoms with E-state index in [9.17, 15) is 14.0 Å². The Kier molecular flexibility index (Phi) is 8.27. The summed E-state index contributed by atoms with van der Waals surface area (Å²) >= 11 is 0. The number of hydrogen-bond acceptors (Lipinski definition) is 3. The molecule has 1 unspecified atom stereocenters. The van der Waals surface area contributed by atoms with Crippen LogP contribution in [0.4, 0.5) is 14.9 Å². The SMILES string of the molecule is CCCC(NC(=O)NCc1ccc(F)cc1)C(=O)NCCc1ccc(N)cc1. The van der Waals surface area contributed by atoms with Crippen LogP contribution in [0.5, 0.6) is 0 Å². The van der Waals surface area contributed by atoms with Crippen LogP contribution in [0.1, 0.15) is 30.9 Å². The van der Waals surface area contributed by atoms with Crippen LogP contribution in [0.2, 0.25) is 0 Å². The summed E-state index contributed by atoms with van der Waals surface area (Å²) in [5.41, 5.74) is 8.21. The van der Waals surface area contributed by atoms with Crippen molar-refractivity contribution in [1.29, 1.82) is 0 Å². The van der Waals surface area contributed by atoms with Gasteiger partial charge in [0.1, 0.15) is 11.9 Å². The lowest BCUT2D eigenvalue weighted by Crippen LogP contribution is -2.50. The van der Waals surface area contributed by atoms with Crippen LogP contribution < -0.4 is 21.7 Å². The quantitative estimate of drug-likeness (QED) is 0.499. The second-order valence-electron chi connectivity index (χ2n) is 6.58. The molecule has 0 saturated carbocycles. The van der Waals surface area contributed by atoms with E-state index in [1.165, 1.54) is 12.1 Å². The third-order valence-corrected chi connectivity index (χ3v) is 4.26. The molecule has 0 heterocycles. The Morgan fingerprint density at radius 3 is 2.29 bits per heavy atom. The zero-order chi connectivity index (χ0) is 20.4. The lowest BCUT2D eigenvalue weighted by Gasteiger charge is -2.18. The number of urea groups is 1. The summed E-state index contributed by atoms with van der Waals surface area (Å²) in [7, 11) is 0. The molecule has 6 nitrogen and oxygen atoms in total. The number of rotatable bonds is 9. The van der Waals surface area contributed by atoms with E-state index in [0.717, 1.165) is 17.5 Å². The molecule has 1 atom stereocenters. The molecule has 7 heteroatoms. The van der Waals surface area contributed by atoms with Crippen LogP contribution in [0.15, 0.2) is 48.5 Å². The van der Waals surface area contributed by atoms with Crippen LogP contribution in [0, 0.1) is 5.82 Å². The summed E-state index contributed by atoms with van der Waals surface area (Å²) in [6.45, 7) is 2.68. The highest BCUT2D eigenvalue weighted by molar-refractivity contribution is 5.86. The van der Waals surface area contributed by atoms with Crippen molar-refractivity contribution in [2.24, 2.45) is 0 Å². The highest BCUT2D eigenvalue weighted by Crippen LogP contribution is 2.06. The molecule has 0 aromatic heterocycles. The summed E-state index contributed by atoms with van der Waals surface area (Å²) in [6, 6.07) is 12.3. The van der Waals surface area contributed by atoms with Gasteiger partial charge in [0.2, 0.25) is 5.91 Å². The molecule has 0 bridgehead atoms. The lowest BCUT2D eigenvalue weighted by atomic mass is 10.1. The summed E-state index contributed by atoms with van der Waals surface area (Å²) in [5.74, 6) is -0.541. The highest BCUT2D eigenvalue weighted by atomic mass is 19.1. The molecule has 0 spiro atoms. The Labute approximate surface area is 164 Å². The van der Waals surface area contributed by atoms with Crippen LogP contribution in [0.25, 0.3) is 0 Å². The summed E-state index contributed by atoms with van der Waals surface area (Å²) in [5, 5.41) is 8.25. The Morgan fingerprint density at radius 1 is 1.00 bits per heavy atom. The third kappa shape index (κ3) is 7.26. The van der Waals surface area contributed by atoms with E-state index >= 15 is 0 Å². The van der Waals surface area contributed by atoms with Gasteiger partial charge in [0.25, 0.3) is 0 Å². The molecule has 2 aromatic rings. The molecule has 0 aliphatic heterocycles. The number of carbonyl (C=O) groups excluding carboxylic acids is 2. The minimum absolute atomic E-state index is 0.214. The van der Waals surface area contributed by atoms with E-state index in [4.69, 9.17) is 5.73 Å². The molecular formula is C21H27FN4O2. The standard InChI is InChI=1S/C21H27FN4O2/c1-2-3-19(20(27)24-13-12-15-6-10-18(23)11-7-15)26-21(28)25-14-16-4-8-17(22)9-5-16/h4-11,19H,2-3,12-14,23H2,1H3,(H,24,27)(H2,25,26,28). The largest absolute Gasteiger partial charge is 0.399 e. The molecule has 0 radical (unpaired) electrons. The van der Waals surface area contributed by atoms with Gasteiger partial charge >= 0.3 is 6.03 Å². The maximum atomic E-state index is 12.9. The van der Waals surface area contributed by atoms with Crippen LogP contribution in [-0.4, -0.2) is 24.5 Å². The molecule has 150 valence electrons. The fraction of sp³-hybridized carbons (Fsp3) is 0.333. The minimum Gasteiger partial charge on any atom is -0.399 e. The summed E-state index contributed by atoms with van der Waals surface area (Å²) in [6.07, 6.45) is 1.98. The Morgan fingerprint density at radius 2 is 1.64 bits per heavy atom. The first-order valence-corrected chi connectivity index (χ1v) is 9.39. The fourth-order valence-electron chi connectivity index (χ4n) is 2.69. The van der Waals surface area contributed by atoms with Gasteiger partial charge in [-0.25, -0.2) is 9.18 Å². The van der Waals surface area contributed by atoms with E-state index < -0.39 is 12.1 Å². The number of benzene rings is 2. The first kappa shape index (κ1) is 21.2. The molecule has 0 aliphatic rings. The van der Waals surface area contributed by atoms with Crippen LogP contribution >= 0.6 is 0 Å². The number of anilines is 1. The van der Waals surface area contributed by atoms with Crippen LogP contribution in [-0.2, 0) is 17.8 Å². The number of nitrogen functional groups attached to an aromatic ring is 1. The Balaban J connectivity index is 1.78. The van der Waals surface area contributed by atoms with Crippen LogP contribution in [0.3, 0.4) is 0 Å². The van der Waals surface area contributed by atoms with Gasteiger partial charge in [-0.15, -0.1) is 0 Å². The van der Waals surface area contributed by atoms with E-state index in [2.05, 4.69) is 16.0 Å². The van der Waals surface area contributed by atoms with Crippen molar-refractivity contribution in [3.05, 3.63) is 65.5 Å². The van der Waals surface area contributed by atoms with Gasteiger partial charge in [-0.2, -0.15) is 0 Å². The summed E-state index contributed by atoms with van der Waals surface area (Å²) in [4.78, 5) is 24.5. The van der Waals surface area contributed by atoms with Crippen molar-refractivity contribution in [2.45, 2.75) is 38.8 Å². The fourth-order valence-corrected chi connectivity index (χ4v) is 2.69. The molecule has 2 aromatic carbocycles. The van der Waals surface area contributed by atoms with Gasteiger partial charge in [-0.3, -0.25) is 4.79 Å². The second-order valence-corrected chi connectivity index (χ2v) is 6.58. The zero-order valence-corrected chi connectivity index (χ0v) is 16.0. The van der Waals surface area contributed by atoms with E-state index in [-0.39, 0.29) is 18.3 Å². The van der Waals surface area contributed by atoms with Gasteiger partial charge in [-0.05, 0) is 48.2 Å². The normalized spacial score (nSPS) is 11.5. The minimum atomic E-state index is -0.607. The molecule has 0 aliphatic carbocycles. The van der Waals surface area contributed by atoms with E-state index in [1.807, 2.05) is 31.2 Å². The first-order chi connectivity index (χ1) is 13.5. The number of amides is 3. The molecule has 5 N–H and O–H groups in total. The Bertz CT molecular complexity index is 763. The molecule has 0 saturated heterocycles. The predicted molar refractivity (Wildman–Crippen MR) is 108 cm³/mol. The smallest absolute Gasteiger partial charge is 0.315 e. The van der Waals surface area contributed by atoms with Crippen molar-refractivity contribution in [3.8, 4) is 0 Å². The van der Waals surface area contributed by atoms with Gasteiger partial charge < -0.3 is 21.7 Å². The second kappa shape index (κ2) is 10.9. The van der Waals surface area contributed by atoms with E-state index in [1.54, 1.807) is 12.1 Å². The highest BCUT2D eigenvalue weighted by Gasteiger charge is 2.19. The van der Waals surface area contributed by atoms with E-state index in [0.29, 0.717) is 25.1 Å². The first-order valence-electron chi connectivity index (χ1n) is 9.39. The molecule has 0 fully saturated rings. The molecular weight excluding hydrogens is 359 g/mol. The average Bonchev–Trinajstić information content (AvgIpc) is 2.68. The maximum Gasteiger partial charge on any atom is 0.315 e. The van der Waals surface area contributed by atoms with Crippen molar-refractivity contribution in [3.63, 3.8) is 0 Å². The van der Waals surface area contributed by atoms with Gasteiger partial charge in [0.05, 0.1) is 0 Å². The molecule has 28 heavy (non-hydrogen) atoms. The third-order valence-electron chi connectivity index (χ3n) is 4.26. The number of nitrogens with two attached hydrogens (primary N) is 1. The van der Waals surface area contributed by atoms with Crippen molar-refractivity contribution >= 4 is 17.6 Å². The summed E-state index contributed by atoms with van der Waals surface area (Å²) < 4.78 is 12.9. The van der Waals surface area contributed by atoms with Gasteiger partial charge in [-0.1, -0.05) is 37.6 Å². The number of nitrogens with one attached hydrogen (secondary N) is 3. The lowest BCUT2D eigenvalue weighted by molar-refractivity contribution is -0.123. The van der Waals surface area contributed by atoms with Gasteiger partial charge in [0.15, 0.2) is 0 Å². The maximum absolute atomic E-state index is 12.9. The number of hydrogen-bond donors (Lipinski definition) is 4. The average molecular weight is 386 g/mol. The molecule has 3 amide bonds. The predicted octanol–water partition coefficient (Wildman–Crippen LogP) is 2.73. The monoisotopic (exact) mass is 386 g/mol. The van der Waals surface area contributed by atoms with Crippen molar-refractivity contribution < 1.29 is 14.0 Å². The topological polar surface area (TPSA) is 96.2 Å². The zero-order valence-electron chi connectivity index (χ0n) is 16.0. The Hall–Kier alpha value is -3.09. The number of carbonyl (C=O) groups is 2. The number of halogens is 1. The van der Waals surface area contributed by atoms with Crippen molar-refractivity contribution in [2.75, 3.05) is 12.3 Å². The molecule has 2 rings (SSSR count).